The van der Waals surface area contributed by atoms with Crippen molar-refractivity contribution in [3.63, 3.8) is 0 Å². The number of esters is 1. The molecule has 0 spiro atoms. The highest BCUT2D eigenvalue weighted by atomic mass is 16.6. The van der Waals surface area contributed by atoms with E-state index in [0.717, 1.165) is 0 Å². The van der Waals surface area contributed by atoms with Gasteiger partial charge in [-0.15, -0.1) is 0 Å². The second kappa shape index (κ2) is 9.28. The van der Waals surface area contributed by atoms with Gasteiger partial charge in [-0.2, -0.15) is 5.26 Å². The van der Waals surface area contributed by atoms with E-state index in [1.165, 1.54) is 6.08 Å². The van der Waals surface area contributed by atoms with Crippen molar-refractivity contribution in [3.05, 3.63) is 53.6 Å². The van der Waals surface area contributed by atoms with E-state index in [1.54, 1.807) is 55.6 Å². The molecular weight excluding hydrogens is 376 g/mol. The van der Waals surface area contributed by atoms with E-state index >= 15 is 0 Å². The van der Waals surface area contributed by atoms with Crippen LogP contribution in [0.3, 0.4) is 0 Å². The van der Waals surface area contributed by atoms with Crippen LogP contribution in [-0.4, -0.2) is 38.8 Å². The summed E-state index contributed by atoms with van der Waals surface area (Å²) in [4.78, 5) is 24.1. The van der Waals surface area contributed by atoms with Crippen LogP contribution in [0.4, 0.5) is 5.69 Å². The van der Waals surface area contributed by atoms with Crippen LogP contribution in [0.1, 0.15) is 5.56 Å². The molecule has 1 aliphatic heterocycles. The monoisotopic (exact) mass is 394 g/mol. The molecule has 1 N–H and O–H groups in total. The molecule has 0 bridgehead atoms. The average molecular weight is 394 g/mol. The molecule has 8 nitrogen and oxygen atoms in total. The lowest BCUT2D eigenvalue weighted by Gasteiger charge is -2.19. The number of hydrogen-bond acceptors (Lipinski definition) is 7. The van der Waals surface area contributed by atoms with Gasteiger partial charge in [-0.1, -0.05) is 12.1 Å². The first kappa shape index (κ1) is 19.8. The van der Waals surface area contributed by atoms with Gasteiger partial charge in [0.15, 0.2) is 18.1 Å². The number of fused-ring (bicyclic) bond motifs is 1. The Balaban J connectivity index is 1.56. The summed E-state index contributed by atoms with van der Waals surface area (Å²) < 4.78 is 20.9. The molecule has 3 rings (SSSR count). The molecule has 0 aromatic heterocycles. The lowest BCUT2D eigenvalue weighted by Crippen LogP contribution is -2.21. The van der Waals surface area contributed by atoms with Crippen molar-refractivity contribution in [2.75, 3.05) is 32.2 Å². The Labute approximate surface area is 167 Å². The first-order valence-electron chi connectivity index (χ1n) is 8.71. The normalized spacial score (nSPS) is 12.5. The van der Waals surface area contributed by atoms with E-state index in [2.05, 4.69) is 5.32 Å². The highest BCUT2D eigenvalue weighted by molar-refractivity contribution is 6.00. The fourth-order valence-corrected chi connectivity index (χ4v) is 2.53. The minimum absolute atomic E-state index is 0.220. The smallest absolute Gasteiger partial charge is 0.349 e. The molecule has 0 aliphatic carbocycles. The van der Waals surface area contributed by atoms with Crippen LogP contribution in [0.5, 0.6) is 17.2 Å². The summed E-state index contributed by atoms with van der Waals surface area (Å²) in [5, 5.41) is 11.8. The van der Waals surface area contributed by atoms with Gasteiger partial charge in [0.1, 0.15) is 30.6 Å². The van der Waals surface area contributed by atoms with Crippen molar-refractivity contribution in [3.8, 4) is 23.3 Å². The molecule has 0 radical (unpaired) electrons. The highest BCUT2D eigenvalue weighted by Crippen LogP contribution is 2.32. The topological polar surface area (TPSA) is 107 Å². The van der Waals surface area contributed by atoms with Crippen molar-refractivity contribution in [1.29, 1.82) is 5.26 Å². The Bertz CT molecular complexity index is 976. The second-order valence-corrected chi connectivity index (χ2v) is 5.93. The van der Waals surface area contributed by atoms with Crippen LogP contribution in [0, 0.1) is 11.3 Å². The molecule has 148 valence electrons. The lowest BCUT2D eigenvalue weighted by atomic mass is 10.1. The van der Waals surface area contributed by atoms with Crippen molar-refractivity contribution < 1.29 is 28.5 Å². The molecule has 2 aromatic carbocycles. The summed E-state index contributed by atoms with van der Waals surface area (Å²) in [5.74, 6) is 0.347. The van der Waals surface area contributed by atoms with Crippen LogP contribution in [0.2, 0.25) is 0 Å². The molecule has 1 heterocycles. The number of hydrogen-bond donors (Lipinski definition) is 1. The molecule has 1 aliphatic rings. The zero-order chi connectivity index (χ0) is 20.6. The Morgan fingerprint density at radius 2 is 1.86 bits per heavy atom. The summed E-state index contributed by atoms with van der Waals surface area (Å²) in [5.41, 5.74) is 0.881. The first-order chi connectivity index (χ1) is 14.1. The minimum atomic E-state index is -0.888. The third kappa shape index (κ3) is 5.26. The molecule has 0 fully saturated rings. The van der Waals surface area contributed by atoms with Gasteiger partial charge >= 0.3 is 5.97 Å². The van der Waals surface area contributed by atoms with Gasteiger partial charge in [0.25, 0.3) is 5.91 Å². The second-order valence-electron chi connectivity index (χ2n) is 5.93. The summed E-state index contributed by atoms with van der Waals surface area (Å²) in [6, 6.07) is 13.5. The third-order valence-electron chi connectivity index (χ3n) is 3.93. The van der Waals surface area contributed by atoms with Gasteiger partial charge in [-0.3, -0.25) is 4.79 Å². The Morgan fingerprint density at radius 1 is 1.14 bits per heavy atom. The van der Waals surface area contributed by atoms with E-state index in [4.69, 9.17) is 18.9 Å². The number of nitrogens with one attached hydrogen (secondary N) is 1. The van der Waals surface area contributed by atoms with Gasteiger partial charge in [-0.05, 0) is 35.9 Å². The molecule has 8 heteroatoms. The number of anilines is 1. The number of nitrogens with zero attached hydrogens (tertiary/aromatic N) is 1. The molecule has 0 unspecified atom stereocenters. The van der Waals surface area contributed by atoms with Gasteiger partial charge in [0.2, 0.25) is 0 Å². The number of carbonyl (C=O) groups excluding carboxylic acids is 2. The Morgan fingerprint density at radius 3 is 2.55 bits per heavy atom. The fourth-order valence-electron chi connectivity index (χ4n) is 2.53. The predicted molar refractivity (Wildman–Crippen MR) is 104 cm³/mol. The molecule has 2 aromatic rings. The van der Waals surface area contributed by atoms with E-state index in [0.29, 0.717) is 41.7 Å². The van der Waals surface area contributed by atoms with Crippen molar-refractivity contribution in [2.24, 2.45) is 0 Å². The molecular formula is C21H18N2O6. The summed E-state index contributed by atoms with van der Waals surface area (Å²) >= 11 is 0. The van der Waals surface area contributed by atoms with Crippen LogP contribution < -0.4 is 19.5 Å². The van der Waals surface area contributed by atoms with Crippen LogP contribution >= 0.6 is 0 Å². The maximum Gasteiger partial charge on any atom is 0.349 e. The number of rotatable bonds is 6. The summed E-state index contributed by atoms with van der Waals surface area (Å²) in [7, 11) is 1.54. The first-order valence-corrected chi connectivity index (χ1v) is 8.71. The Hall–Kier alpha value is -3.99. The minimum Gasteiger partial charge on any atom is -0.497 e. The van der Waals surface area contributed by atoms with Crippen LogP contribution in [0.25, 0.3) is 6.08 Å². The van der Waals surface area contributed by atoms with E-state index in [9.17, 15) is 14.9 Å². The van der Waals surface area contributed by atoms with Crippen molar-refractivity contribution >= 4 is 23.6 Å². The number of amides is 1. The molecule has 0 saturated carbocycles. The number of methoxy groups -OCH3 is 1. The van der Waals surface area contributed by atoms with E-state index in [-0.39, 0.29) is 5.57 Å². The maximum absolute atomic E-state index is 12.1. The maximum atomic E-state index is 12.1. The Kier molecular flexibility index (Phi) is 6.32. The zero-order valence-corrected chi connectivity index (χ0v) is 15.6. The SMILES string of the molecule is COc1ccc(/C=C(\C#N)C(=O)OCC(=O)Nc2ccc3c(c2)OCCO3)cc1. The van der Waals surface area contributed by atoms with Gasteiger partial charge in [-0.25, -0.2) is 4.79 Å². The lowest BCUT2D eigenvalue weighted by molar-refractivity contribution is -0.142. The fraction of sp³-hybridized carbons (Fsp3) is 0.190. The number of carbonyl (C=O) groups is 2. The van der Waals surface area contributed by atoms with Gasteiger partial charge in [0.05, 0.1) is 7.11 Å². The quantitative estimate of drug-likeness (QED) is 0.456. The van der Waals surface area contributed by atoms with Gasteiger partial charge < -0.3 is 24.3 Å². The molecule has 0 atom stereocenters. The summed E-state index contributed by atoms with van der Waals surface area (Å²) in [6.45, 7) is 0.369. The molecule has 29 heavy (non-hydrogen) atoms. The van der Waals surface area contributed by atoms with E-state index in [1.807, 2.05) is 0 Å². The predicted octanol–water partition coefficient (Wildman–Crippen LogP) is 2.56. The number of nitriles is 1. The third-order valence-corrected chi connectivity index (χ3v) is 3.93. The number of ether oxygens (including phenoxy) is 4. The number of benzene rings is 2. The van der Waals surface area contributed by atoms with Crippen molar-refractivity contribution in [2.45, 2.75) is 0 Å². The molecule has 0 saturated heterocycles. The average Bonchev–Trinajstić information content (AvgIpc) is 2.76. The van der Waals surface area contributed by atoms with Crippen LogP contribution in [0.15, 0.2) is 48.0 Å². The standard InChI is InChI=1S/C21H18N2O6/c1-26-17-5-2-14(3-6-17)10-15(12-22)21(25)29-13-20(24)23-16-4-7-18-19(11-16)28-9-8-27-18/h2-7,10-11H,8-9,13H2,1H3,(H,23,24)/b15-10+. The van der Waals surface area contributed by atoms with Gasteiger partial charge in [0, 0.05) is 11.8 Å². The van der Waals surface area contributed by atoms with Crippen molar-refractivity contribution in [1.82, 2.24) is 0 Å². The highest BCUT2D eigenvalue weighted by Gasteiger charge is 2.15. The van der Waals surface area contributed by atoms with Crippen LogP contribution in [-0.2, 0) is 14.3 Å². The van der Waals surface area contributed by atoms with E-state index < -0.39 is 18.5 Å². The molecule has 1 amide bonds. The zero-order valence-electron chi connectivity index (χ0n) is 15.6. The largest absolute Gasteiger partial charge is 0.497 e. The summed E-state index contributed by atoms with van der Waals surface area (Å²) in [6.07, 6.45) is 1.38.